The lowest BCUT2D eigenvalue weighted by Gasteiger charge is -2.08. The van der Waals surface area contributed by atoms with Crippen LogP contribution in [-0.4, -0.2) is 21.0 Å². The van der Waals surface area contributed by atoms with Crippen molar-refractivity contribution >= 4 is 22.6 Å². The van der Waals surface area contributed by atoms with Crippen molar-refractivity contribution < 1.29 is 14.1 Å². The zero-order valence-corrected chi connectivity index (χ0v) is 16.4. The van der Waals surface area contributed by atoms with E-state index in [-0.39, 0.29) is 18.3 Å². The van der Waals surface area contributed by atoms with Crippen LogP contribution >= 0.6 is 0 Å². The van der Waals surface area contributed by atoms with Gasteiger partial charge in [0.15, 0.2) is 5.58 Å². The van der Waals surface area contributed by atoms with Crippen LogP contribution in [0.5, 0.6) is 11.8 Å². The number of carbonyl (C=O) groups excluding carboxylic acids is 1. The first-order chi connectivity index (χ1) is 14.0. The number of rotatable bonds is 5. The maximum atomic E-state index is 12.5. The van der Waals surface area contributed by atoms with Gasteiger partial charge in [0.05, 0.1) is 6.42 Å². The number of aromatic nitrogens is 3. The van der Waals surface area contributed by atoms with E-state index in [4.69, 9.17) is 9.26 Å². The van der Waals surface area contributed by atoms with Crippen LogP contribution in [0.3, 0.4) is 0 Å². The molecule has 0 aliphatic carbocycles. The maximum Gasteiger partial charge on any atom is 0.322 e. The molecule has 0 atom stereocenters. The van der Waals surface area contributed by atoms with Gasteiger partial charge in [0.1, 0.15) is 11.4 Å². The van der Waals surface area contributed by atoms with Gasteiger partial charge in [-0.3, -0.25) is 4.79 Å². The first-order valence-electron chi connectivity index (χ1n) is 9.21. The summed E-state index contributed by atoms with van der Waals surface area (Å²) >= 11 is 0. The van der Waals surface area contributed by atoms with E-state index in [1.54, 1.807) is 24.3 Å². The summed E-state index contributed by atoms with van der Waals surface area (Å²) in [5.41, 5.74) is 4.63. The highest BCUT2D eigenvalue weighted by Crippen LogP contribution is 2.23. The van der Waals surface area contributed by atoms with E-state index in [0.29, 0.717) is 22.7 Å². The minimum absolute atomic E-state index is 0.113. The first kappa shape index (κ1) is 18.6. The quantitative estimate of drug-likeness (QED) is 0.541. The van der Waals surface area contributed by atoms with Gasteiger partial charge >= 0.3 is 6.01 Å². The van der Waals surface area contributed by atoms with Crippen molar-refractivity contribution in [2.75, 3.05) is 5.32 Å². The van der Waals surface area contributed by atoms with Crippen molar-refractivity contribution in [3.05, 3.63) is 71.2 Å². The molecular formula is C22H20N4O3. The Balaban J connectivity index is 1.47. The monoisotopic (exact) mass is 388 g/mol. The van der Waals surface area contributed by atoms with Crippen molar-refractivity contribution in [1.82, 2.24) is 15.1 Å². The molecule has 0 bridgehead atoms. The highest BCUT2D eigenvalue weighted by Gasteiger charge is 2.13. The van der Waals surface area contributed by atoms with Crippen LogP contribution in [0.15, 0.2) is 53.1 Å². The molecule has 2 aromatic carbocycles. The third-order valence-corrected chi connectivity index (χ3v) is 4.32. The second kappa shape index (κ2) is 7.71. The van der Waals surface area contributed by atoms with Crippen molar-refractivity contribution in [2.24, 2.45) is 0 Å². The van der Waals surface area contributed by atoms with Gasteiger partial charge in [-0.1, -0.05) is 22.9 Å². The molecular weight excluding hydrogens is 368 g/mol. The number of aryl methyl sites for hydroxylation is 3. The Labute approximate surface area is 167 Å². The molecule has 4 rings (SSSR count). The van der Waals surface area contributed by atoms with E-state index in [1.165, 1.54) is 0 Å². The second-order valence-corrected chi connectivity index (χ2v) is 6.92. The summed E-state index contributed by atoms with van der Waals surface area (Å²) in [6.07, 6.45) is 0.113. The molecule has 7 nitrogen and oxygen atoms in total. The number of nitrogens with one attached hydrogen (secondary N) is 1. The van der Waals surface area contributed by atoms with E-state index >= 15 is 0 Å². The Morgan fingerprint density at radius 1 is 1.03 bits per heavy atom. The Hall–Kier alpha value is -3.74. The molecule has 1 N–H and O–H groups in total. The standard InChI is InChI=1S/C22H20N4O3/c1-13-7-8-20-18(9-13)19(26-29-20)12-21(27)25-16-5-4-6-17(11-16)28-22-23-14(2)10-15(3)24-22/h4-11H,12H2,1-3H3,(H,25,27). The highest BCUT2D eigenvalue weighted by atomic mass is 16.5. The third kappa shape index (κ3) is 4.40. The van der Waals surface area contributed by atoms with Gasteiger partial charge in [0.25, 0.3) is 0 Å². The minimum Gasteiger partial charge on any atom is -0.424 e. The third-order valence-electron chi connectivity index (χ3n) is 4.32. The molecule has 0 unspecified atom stereocenters. The second-order valence-electron chi connectivity index (χ2n) is 6.92. The number of anilines is 1. The number of hydrogen-bond donors (Lipinski definition) is 1. The lowest BCUT2D eigenvalue weighted by molar-refractivity contribution is -0.115. The molecule has 0 spiro atoms. The largest absolute Gasteiger partial charge is 0.424 e. The molecule has 0 radical (unpaired) electrons. The Morgan fingerprint density at radius 3 is 2.62 bits per heavy atom. The molecule has 146 valence electrons. The zero-order valence-electron chi connectivity index (χ0n) is 16.4. The number of hydrogen-bond acceptors (Lipinski definition) is 6. The Bertz CT molecular complexity index is 1180. The fourth-order valence-corrected chi connectivity index (χ4v) is 3.07. The van der Waals surface area contributed by atoms with Gasteiger partial charge in [0.2, 0.25) is 5.91 Å². The van der Waals surface area contributed by atoms with E-state index in [9.17, 15) is 4.79 Å². The van der Waals surface area contributed by atoms with Crippen LogP contribution in [0.25, 0.3) is 11.0 Å². The SMILES string of the molecule is Cc1ccc2onc(CC(=O)Nc3cccc(Oc4nc(C)cc(C)n4)c3)c2c1. The van der Waals surface area contributed by atoms with Gasteiger partial charge < -0.3 is 14.6 Å². The molecule has 29 heavy (non-hydrogen) atoms. The summed E-state index contributed by atoms with van der Waals surface area (Å²) in [7, 11) is 0. The van der Waals surface area contributed by atoms with Crippen LogP contribution in [0.1, 0.15) is 22.6 Å². The van der Waals surface area contributed by atoms with Crippen molar-refractivity contribution in [3.8, 4) is 11.8 Å². The topological polar surface area (TPSA) is 90.1 Å². The smallest absolute Gasteiger partial charge is 0.322 e. The minimum atomic E-state index is -0.193. The predicted octanol–water partition coefficient (Wildman–Crippen LogP) is 4.52. The summed E-state index contributed by atoms with van der Waals surface area (Å²) in [6.45, 7) is 5.75. The Morgan fingerprint density at radius 2 is 1.83 bits per heavy atom. The molecule has 7 heteroatoms. The lowest BCUT2D eigenvalue weighted by Crippen LogP contribution is -2.14. The molecule has 0 aliphatic rings. The lowest BCUT2D eigenvalue weighted by atomic mass is 10.1. The fraction of sp³-hybridized carbons (Fsp3) is 0.182. The number of carbonyl (C=O) groups is 1. The summed E-state index contributed by atoms with van der Waals surface area (Å²) in [4.78, 5) is 21.0. The van der Waals surface area contributed by atoms with Gasteiger partial charge in [-0.25, -0.2) is 9.97 Å². The first-order valence-corrected chi connectivity index (χ1v) is 9.21. The molecule has 0 aliphatic heterocycles. The summed E-state index contributed by atoms with van der Waals surface area (Å²) in [6, 6.07) is 15.0. The van der Waals surface area contributed by atoms with Gasteiger partial charge in [-0.2, -0.15) is 0 Å². The van der Waals surface area contributed by atoms with E-state index < -0.39 is 0 Å². The molecule has 2 aromatic heterocycles. The number of amides is 1. The molecule has 0 saturated heterocycles. The fourth-order valence-electron chi connectivity index (χ4n) is 3.07. The normalized spacial score (nSPS) is 10.9. The van der Waals surface area contributed by atoms with E-state index in [0.717, 1.165) is 22.3 Å². The zero-order chi connectivity index (χ0) is 20.4. The molecule has 2 heterocycles. The van der Waals surface area contributed by atoms with E-state index in [2.05, 4.69) is 20.4 Å². The van der Waals surface area contributed by atoms with Crippen LogP contribution in [-0.2, 0) is 11.2 Å². The average molecular weight is 388 g/mol. The number of ether oxygens (including phenoxy) is 1. The van der Waals surface area contributed by atoms with Crippen LogP contribution in [0, 0.1) is 20.8 Å². The summed E-state index contributed by atoms with van der Waals surface area (Å²) < 4.78 is 11.0. The van der Waals surface area contributed by atoms with Crippen LogP contribution in [0.4, 0.5) is 5.69 Å². The van der Waals surface area contributed by atoms with Crippen LogP contribution in [0.2, 0.25) is 0 Å². The van der Waals surface area contributed by atoms with Crippen molar-refractivity contribution in [1.29, 1.82) is 0 Å². The molecule has 0 fully saturated rings. The Kier molecular flexibility index (Phi) is 4.95. The molecule has 0 saturated carbocycles. The average Bonchev–Trinajstić information content (AvgIpc) is 3.03. The number of nitrogens with zero attached hydrogens (tertiary/aromatic N) is 3. The van der Waals surface area contributed by atoms with Crippen LogP contribution < -0.4 is 10.1 Å². The summed E-state index contributed by atoms with van der Waals surface area (Å²) in [5, 5.41) is 7.75. The maximum absolute atomic E-state index is 12.5. The van der Waals surface area contributed by atoms with Gasteiger partial charge in [-0.15, -0.1) is 0 Å². The van der Waals surface area contributed by atoms with Gasteiger partial charge in [0, 0.05) is 28.5 Å². The molecule has 4 aromatic rings. The number of fused-ring (bicyclic) bond motifs is 1. The highest BCUT2D eigenvalue weighted by molar-refractivity contribution is 5.94. The van der Waals surface area contributed by atoms with Crippen molar-refractivity contribution in [3.63, 3.8) is 0 Å². The van der Waals surface area contributed by atoms with Crippen molar-refractivity contribution in [2.45, 2.75) is 27.2 Å². The van der Waals surface area contributed by atoms with E-state index in [1.807, 2.05) is 45.0 Å². The summed E-state index contributed by atoms with van der Waals surface area (Å²) in [5.74, 6) is 0.344. The number of benzene rings is 2. The van der Waals surface area contributed by atoms with Gasteiger partial charge in [-0.05, 0) is 51.1 Å². The molecule has 1 amide bonds. The predicted molar refractivity (Wildman–Crippen MR) is 109 cm³/mol.